The molecule has 0 aromatic heterocycles. The number of rotatable bonds is 6. The zero-order valence-electron chi connectivity index (χ0n) is 20.0. The highest BCUT2D eigenvalue weighted by Crippen LogP contribution is 2.47. The summed E-state index contributed by atoms with van der Waals surface area (Å²) >= 11 is 0. The number of likely N-dealkylation sites (tertiary alicyclic amines) is 1. The molecule has 12 heteroatoms. The summed E-state index contributed by atoms with van der Waals surface area (Å²) in [5, 5.41) is 9.48. The van der Waals surface area contributed by atoms with Gasteiger partial charge in [-0.15, -0.1) is 0 Å². The number of ketones is 2. The number of carbonyl (C=O) groups is 3. The molecule has 2 fully saturated rings. The Bertz CT molecular complexity index is 1050. The molecule has 1 heterocycles. The lowest BCUT2D eigenvalue weighted by molar-refractivity contribution is -0.193. The first-order chi connectivity index (χ1) is 17.1. The number of allylic oxidation sites excluding steroid dienone is 1. The molecule has 1 saturated carbocycles. The number of nitrogens with two attached hydrogens (primary N) is 1. The molecule has 5 atom stereocenters. The summed E-state index contributed by atoms with van der Waals surface area (Å²) in [6, 6.07) is 8.83. The van der Waals surface area contributed by atoms with Crippen molar-refractivity contribution in [3.05, 3.63) is 41.5 Å². The van der Waals surface area contributed by atoms with Gasteiger partial charge in [0.1, 0.15) is 0 Å². The Morgan fingerprint density at radius 3 is 2.16 bits per heavy atom. The van der Waals surface area contributed by atoms with Crippen LogP contribution in [0.3, 0.4) is 0 Å². The van der Waals surface area contributed by atoms with Gasteiger partial charge in [-0.3, -0.25) is 14.4 Å². The van der Waals surface area contributed by atoms with Crippen molar-refractivity contribution in [2.45, 2.75) is 50.0 Å². The van der Waals surface area contributed by atoms with E-state index in [1.54, 1.807) is 0 Å². The molecule has 1 aliphatic heterocycles. The van der Waals surface area contributed by atoms with Gasteiger partial charge < -0.3 is 15.7 Å². The lowest BCUT2D eigenvalue weighted by Crippen LogP contribution is -2.48. The van der Waals surface area contributed by atoms with Crippen molar-refractivity contribution in [3.63, 3.8) is 0 Å². The number of carboxylic acids is 1. The predicted molar refractivity (Wildman–Crippen MR) is 121 cm³/mol. The van der Waals surface area contributed by atoms with Crippen LogP contribution in [0.25, 0.3) is 6.08 Å². The number of alkyl halides is 6. The van der Waals surface area contributed by atoms with E-state index >= 15 is 0 Å². The van der Waals surface area contributed by atoms with Crippen LogP contribution >= 0.6 is 0 Å². The molecular formula is C25H28F6N2O4. The standard InChI is InChI=1S/C21H28N2O2.C4F6O2/c1-14-13-23(10-7-16(20(24)25)17-12-19(17)22)11-9-21(14)8-6-15-4-2-3-5-18(15)21;5-3(6,7)1(11)2(12)4(8,9)10/h2-6,8,14,16-17,19H,7,9-13,22H2,1H3,(H,24,25);/t14-,16?,17?,19?,21-;/m0./s1. The second-order valence-electron chi connectivity index (χ2n) is 9.86. The Labute approximate surface area is 209 Å². The van der Waals surface area contributed by atoms with E-state index in [1.165, 1.54) is 11.1 Å². The van der Waals surface area contributed by atoms with Gasteiger partial charge in [0, 0.05) is 18.0 Å². The summed E-state index contributed by atoms with van der Waals surface area (Å²) in [5.74, 6) is -7.03. The monoisotopic (exact) mass is 534 g/mol. The third kappa shape index (κ3) is 6.40. The SMILES string of the molecule is C[C@H]1CN(CCC(C(=O)O)C2CC2N)CC[C@@]12C=Cc1ccccc12.O=C(C(=O)C(F)(F)F)C(F)(F)F. The summed E-state index contributed by atoms with van der Waals surface area (Å²) in [7, 11) is 0. The highest BCUT2D eigenvalue weighted by molar-refractivity contribution is 6.41. The third-order valence-electron chi connectivity index (χ3n) is 7.48. The number of carboxylic acid groups (broad SMARTS) is 1. The van der Waals surface area contributed by atoms with E-state index in [0.29, 0.717) is 5.92 Å². The lowest BCUT2D eigenvalue weighted by Gasteiger charge is -2.44. The maximum absolute atomic E-state index is 11.5. The number of hydrogen-bond acceptors (Lipinski definition) is 5. The molecular weight excluding hydrogens is 506 g/mol. The molecule has 1 aromatic carbocycles. The van der Waals surface area contributed by atoms with Crippen LogP contribution in [0.15, 0.2) is 30.3 Å². The summed E-state index contributed by atoms with van der Waals surface area (Å²) < 4.78 is 67.0. The van der Waals surface area contributed by atoms with E-state index < -0.39 is 29.9 Å². The quantitative estimate of drug-likeness (QED) is 0.423. The van der Waals surface area contributed by atoms with E-state index in [2.05, 4.69) is 48.2 Å². The minimum absolute atomic E-state index is 0.102. The average Bonchev–Trinajstić information content (AvgIpc) is 3.40. The van der Waals surface area contributed by atoms with Crippen LogP contribution < -0.4 is 5.73 Å². The van der Waals surface area contributed by atoms with Gasteiger partial charge in [0.25, 0.3) is 0 Å². The fraction of sp³-hybridized carbons (Fsp3) is 0.560. The van der Waals surface area contributed by atoms with Crippen LogP contribution in [0.4, 0.5) is 26.3 Å². The highest BCUT2D eigenvalue weighted by Gasteiger charge is 2.54. The Kier molecular flexibility index (Phi) is 8.23. The topological polar surface area (TPSA) is 101 Å². The molecule has 1 saturated heterocycles. The van der Waals surface area contributed by atoms with Gasteiger partial charge in [0.15, 0.2) is 0 Å². The van der Waals surface area contributed by atoms with Crippen LogP contribution in [-0.4, -0.2) is 65.6 Å². The zero-order valence-corrected chi connectivity index (χ0v) is 20.0. The number of nitrogens with zero attached hydrogens (tertiary/aromatic N) is 1. The van der Waals surface area contributed by atoms with E-state index in [1.807, 2.05) is 0 Å². The smallest absolute Gasteiger partial charge is 0.458 e. The molecule has 2 aliphatic carbocycles. The third-order valence-corrected chi connectivity index (χ3v) is 7.48. The Hall–Kier alpha value is -2.73. The van der Waals surface area contributed by atoms with Gasteiger partial charge in [-0.2, -0.15) is 26.3 Å². The molecule has 204 valence electrons. The maximum atomic E-state index is 11.5. The molecule has 3 aliphatic rings. The Morgan fingerprint density at radius 1 is 1.11 bits per heavy atom. The molecule has 6 nitrogen and oxygen atoms in total. The number of carbonyl (C=O) groups excluding carboxylic acids is 2. The van der Waals surface area contributed by atoms with Gasteiger partial charge in [0.2, 0.25) is 0 Å². The van der Waals surface area contributed by atoms with Crippen LogP contribution in [-0.2, 0) is 19.8 Å². The predicted octanol–water partition coefficient (Wildman–Crippen LogP) is 3.98. The van der Waals surface area contributed by atoms with Crippen molar-refractivity contribution in [1.29, 1.82) is 0 Å². The number of aliphatic carboxylic acids is 1. The summed E-state index contributed by atoms with van der Waals surface area (Å²) in [6.45, 7) is 5.27. The molecule has 1 aromatic rings. The largest absolute Gasteiger partial charge is 0.481 e. The van der Waals surface area contributed by atoms with Crippen LogP contribution in [0.2, 0.25) is 0 Å². The number of piperidine rings is 1. The van der Waals surface area contributed by atoms with E-state index in [0.717, 1.165) is 38.9 Å². The fourth-order valence-electron chi connectivity index (χ4n) is 5.27. The normalized spacial score (nSPS) is 27.7. The van der Waals surface area contributed by atoms with Crippen LogP contribution in [0.1, 0.15) is 37.3 Å². The second-order valence-corrected chi connectivity index (χ2v) is 9.86. The maximum Gasteiger partial charge on any atom is 0.458 e. The zero-order chi connectivity index (χ0) is 27.8. The Morgan fingerprint density at radius 2 is 1.68 bits per heavy atom. The second kappa shape index (κ2) is 10.6. The van der Waals surface area contributed by atoms with Gasteiger partial charge in [-0.25, -0.2) is 0 Å². The summed E-state index contributed by atoms with van der Waals surface area (Å²) in [5.41, 5.74) is 8.86. The van der Waals surface area contributed by atoms with Gasteiger partial charge >= 0.3 is 29.9 Å². The lowest BCUT2D eigenvalue weighted by atomic mass is 9.68. The van der Waals surface area contributed by atoms with Crippen LogP contribution in [0, 0.1) is 17.8 Å². The first-order valence-corrected chi connectivity index (χ1v) is 11.8. The van der Waals surface area contributed by atoms with Gasteiger partial charge in [0.05, 0.1) is 5.92 Å². The number of benzene rings is 1. The number of hydrogen-bond donors (Lipinski definition) is 2. The van der Waals surface area contributed by atoms with Crippen molar-refractivity contribution in [2.24, 2.45) is 23.5 Å². The molecule has 1 spiro atoms. The van der Waals surface area contributed by atoms with Crippen molar-refractivity contribution in [1.82, 2.24) is 4.90 Å². The first kappa shape index (κ1) is 28.8. The van der Waals surface area contributed by atoms with Gasteiger partial charge in [-0.05, 0) is 55.3 Å². The van der Waals surface area contributed by atoms with Gasteiger partial charge in [-0.1, -0.05) is 43.3 Å². The molecule has 3 unspecified atom stereocenters. The van der Waals surface area contributed by atoms with Crippen molar-refractivity contribution in [3.8, 4) is 0 Å². The fourth-order valence-corrected chi connectivity index (χ4v) is 5.27. The van der Waals surface area contributed by atoms with E-state index in [9.17, 15) is 45.8 Å². The Balaban J connectivity index is 0.000000270. The van der Waals surface area contributed by atoms with Crippen molar-refractivity contribution >= 4 is 23.6 Å². The molecule has 0 bridgehead atoms. The first-order valence-electron chi connectivity index (χ1n) is 11.8. The van der Waals surface area contributed by atoms with E-state index in [-0.39, 0.29) is 23.3 Å². The summed E-state index contributed by atoms with van der Waals surface area (Å²) in [6.07, 6.45) is -4.15. The molecule has 0 radical (unpaired) electrons. The van der Waals surface area contributed by atoms with Crippen LogP contribution in [0.5, 0.6) is 0 Å². The molecule has 3 N–H and O–H groups in total. The molecule has 37 heavy (non-hydrogen) atoms. The minimum atomic E-state index is -5.77. The highest BCUT2D eigenvalue weighted by atomic mass is 19.4. The minimum Gasteiger partial charge on any atom is -0.481 e. The van der Waals surface area contributed by atoms with E-state index in [4.69, 9.17) is 5.73 Å². The summed E-state index contributed by atoms with van der Waals surface area (Å²) in [4.78, 5) is 33.2. The molecule has 4 rings (SSSR count). The molecule has 0 amide bonds. The van der Waals surface area contributed by atoms with Crippen molar-refractivity contribution < 1.29 is 45.8 Å². The number of halogens is 6. The average molecular weight is 534 g/mol. The number of fused-ring (bicyclic) bond motifs is 2. The number of Topliss-reactive ketones (excluding diaryl/α,β-unsaturated/α-hetero) is 2. The van der Waals surface area contributed by atoms with Crippen molar-refractivity contribution in [2.75, 3.05) is 19.6 Å².